The summed E-state index contributed by atoms with van der Waals surface area (Å²) in [6, 6.07) is 5.70. The average Bonchev–Trinajstić information content (AvgIpc) is 2.95. The van der Waals surface area contributed by atoms with Crippen LogP contribution in [0.5, 0.6) is 0 Å². The molecule has 6 heteroatoms. The van der Waals surface area contributed by atoms with Crippen LogP contribution in [0.25, 0.3) is 10.9 Å². The molecule has 2 aromatic rings. The van der Waals surface area contributed by atoms with Crippen molar-refractivity contribution in [3.63, 3.8) is 0 Å². The van der Waals surface area contributed by atoms with E-state index in [2.05, 4.69) is 27.7 Å². The summed E-state index contributed by atoms with van der Waals surface area (Å²) in [6.07, 6.45) is 8.14. The molecule has 1 aromatic heterocycles. The van der Waals surface area contributed by atoms with Gasteiger partial charge in [-0.05, 0) is 68.6 Å². The zero-order chi connectivity index (χ0) is 17.2. The molecule has 0 atom stereocenters. The van der Waals surface area contributed by atoms with E-state index in [9.17, 15) is 8.42 Å². The smallest absolute Gasteiger partial charge is 0.229 e. The highest BCUT2D eigenvalue weighted by molar-refractivity contribution is 7.92. The van der Waals surface area contributed by atoms with Gasteiger partial charge in [0.05, 0.1) is 6.26 Å². The molecular weight excluding hydrogens is 322 g/mol. The van der Waals surface area contributed by atoms with Crippen LogP contribution in [0.4, 0.5) is 5.69 Å². The van der Waals surface area contributed by atoms with Gasteiger partial charge in [-0.15, -0.1) is 0 Å². The van der Waals surface area contributed by atoms with Crippen molar-refractivity contribution in [1.29, 1.82) is 0 Å². The number of aromatic amines is 1. The SMILES string of the molecule is CCCCN1CCC(c2c[nH]c3ccc(NS(C)(=O)=O)cc23)CC1. The minimum absolute atomic E-state index is 0.546. The summed E-state index contributed by atoms with van der Waals surface area (Å²) in [7, 11) is -3.25. The molecule has 1 aliphatic heterocycles. The number of piperidine rings is 1. The van der Waals surface area contributed by atoms with E-state index < -0.39 is 10.0 Å². The minimum Gasteiger partial charge on any atom is -0.361 e. The van der Waals surface area contributed by atoms with Gasteiger partial charge in [0.15, 0.2) is 0 Å². The quantitative estimate of drug-likeness (QED) is 0.838. The van der Waals surface area contributed by atoms with Crippen LogP contribution in [0, 0.1) is 0 Å². The van der Waals surface area contributed by atoms with Gasteiger partial charge in [-0.1, -0.05) is 13.3 Å². The minimum atomic E-state index is -3.25. The maximum Gasteiger partial charge on any atom is 0.229 e. The molecule has 0 unspecified atom stereocenters. The molecule has 24 heavy (non-hydrogen) atoms. The summed E-state index contributed by atoms with van der Waals surface area (Å²) in [4.78, 5) is 5.89. The van der Waals surface area contributed by atoms with Crippen LogP contribution < -0.4 is 4.72 Å². The first-order chi connectivity index (χ1) is 11.5. The first kappa shape index (κ1) is 17.3. The molecule has 1 saturated heterocycles. The predicted molar refractivity (Wildman–Crippen MR) is 100 cm³/mol. The second-order valence-electron chi connectivity index (χ2n) is 6.85. The fourth-order valence-electron chi connectivity index (χ4n) is 3.61. The Labute approximate surface area is 144 Å². The Hall–Kier alpha value is -1.53. The van der Waals surface area contributed by atoms with Crippen LogP contribution in [0.15, 0.2) is 24.4 Å². The third-order valence-corrected chi connectivity index (χ3v) is 5.48. The van der Waals surface area contributed by atoms with Gasteiger partial charge in [0.1, 0.15) is 0 Å². The van der Waals surface area contributed by atoms with Gasteiger partial charge in [-0.2, -0.15) is 0 Å². The van der Waals surface area contributed by atoms with Crippen molar-refractivity contribution in [2.75, 3.05) is 30.6 Å². The number of benzene rings is 1. The number of unbranched alkanes of at least 4 members (excludes halogenated alkanes) is 1. The lowest BCUT2D eigenvalue weighted by Gasteiger charge is -2.31. The largest absolute Gasteiger partial charge is 0.361 e. The van der Waals surface area contributed by atoms with Crippen molar-refractivity contribution in [3.8, 4) is 0 Å². The fourth-order valence-corrected chi connectivity index (χ4v) is 4.16. The van der Waals surface area contributed by atoms with Gasteiger partial charge in [0, 0.05) is 22.8 Å². The van der Waals surface area contributed by atoms with Crippen molar-refractivity contribution in [2.45, 2.75) is 38.5 Å². The number of sulfonamides is 1. The summed E-state index contributed by atoms with van der Waals surface area (Å²) >= 11 is 0. The number of aromatic nitrogens is 1. The van der Waals surface area contributed by atoms with E-state index in [4.69, 9.17) is 0 Å². The Kier molecular flexibility index (Phi) is 5.15. The number of likely N-dealkylation sites (tertiary alicyclic amines) is 1. The highest BCUT2D eigenvalue weighted by Gasteiger charge is 2.22. The number of hydrogen-bond acceptors (Lipinski definition) is 3. The molecular formula is C18H27N3O2S. The molecule has 0 spiro atoms. The van der Waals surface area contributed by atoms with Crippen LogP contribution in [-0.2, 0) is 10.0 Å². The molecule has 2 N–H and O–H groups in total. The van der Waals surface area contributed by atoms with Gasteiger partial charge in [-0.25, -0.2) is 8.42 Å². The first-order valence-electron chi connectivity index (χ1n) is 8.77. The number of H-pyrrole nitrogens is 1. The Morgan fingerprint density at radius 3 is 2.71 bits per heavy atom. The van der Waals surface area contributed by atoms with Crippen molar-refractivity contribution in [2.24, 2.45) is 0 Å². The first-order valence-corrected chi connectivity index (χ1v) is 10.7. The molecule has 0 amide bonds. The van der Waals surface area contributed by atoms with Crippen molar-refractivity contribution >= 4 is 26.6 Å². The highest BCUT2D eigenvalue weighted by Crippen LogP contribution is 2.34. The van der Waals surface area contributed by atoms with E-state index >= 15 is 0 Å². The summed E-state index contributed by atoms with van der Waals surface area (Å²) in [6.45, 7) is 5.75. The molecule has 0 bridgehead atoms. The maximum atomic E-state index is 11.5. The molecule has 132 valence electrons. The van der Waals surface area contributed by atoms with E-state index in [-0.39, 0.29) is 0 Å². The molecule has 1 aromatic carbocycles. The van der Waals surface area contributed by atoms with E-state index in [1.807, 2.05) is 12.1 Å². The molecule has 0 radical (unpaired) electrons. The Bertz CT molecular complexity index is 790. The molecule has 3 rings (SSSR count). The van der Waals surface area contributed by atoms with Crippen LogP contribution >= 0.6 is 0 Å². The van der Waals surface area contributed by atoms with E-state index in [0.29, 0.717) is 11.6 Å². The summed E-state index contributed by atoms with van der Waals surface area (Å²) < 4.78 is 25.5. The Morgan fingerprint density at radius 1 is 1.29 bits per heavy atom. The molecule has 1 fully saturated rings. The Morgan fingerprint density at radius 2 is 2.04 bits per heavy atom. The van der Waals surface area contributed by atoms with E-state index in [0.717, 1.165) is 24.0 Å². The summed E-state index contributed by atoms with van der Waals surface area (Å²) in [5.74, 6) is 0.546. The van der Waals surface area contributed by atoms with Crippen LogP contribution in [-0.4, -0.2) is 44.2 Å². The normalized spacial score (nSPS) is 17.4. The number of anilines is 1. The monoisotopic (exact) mass is 349 g/mol. The van der Waals surface area contributed by atoms with Crippen molar-refractivity contribution in [3.05, 3.63) is 30.0 Å². The second kappa shape index (κ2) is 7.15. The lowest BCUT2D eigenvalue weighted by molar-refractivity contribution is 0.210. The van der Waals surface area contributed by atoms with Gasteiger partial charge in [-0.3, -0.25) is 4.72 Å². The topological polar surface area (TPSA) is 65.2 Å². The van der Waals surface area contributed by atoms with Crippen LogP contribution in [0.3, 0.4) is 0 Å². The number of hydrogen-bond donors (Lipinski definition) is 2. The van der Waals surface area contributed by atoms with E-state index in [1.165, 1.54) is 44.0 Å². The molecule has 1 aliphatic rings. The van der Waals surface area contributed by atoms with Crippen molar-refractivity contribution in [1.82, 2.24) is 9.88 Å². The van der Waals surface area contributed by atoms with Gasteiger partial charge in [0.25, 0.3) is 0 Å². The summed E-state index contributed by atoms with van der Waals surface area (Å²) in [5.41, 5.74) is 3.01. The van der Waals surface area contributed by atoms with Crippen molar-refractivity contribution < 1.29 is 8.42 Å². The van der Waals surface area contributed by atoms with E-state index in [1.54, 1.807) is 6.07 Å². The number of nitrogens with one attached hydrogen (secondary N) is 2. The molecule has 0 saturated carbocycles. The zero-order valence-electron chi connectivity index (χ0n) is 14.5. The van der Waals surface area contributed by atoms with Crippen LogP contribution in [0.1, 0.15) is 44.1 Å². The fraction of sp³-hybridized carbons (Fsp3) is 0.556. The van der Waals surface area contributed by atoms with Gasteiger partial charge in [0.2, 0.25) is 10.0 Å². The Balaban J connectivity index is 1.76. The van der Waals surface area contributed by atoms with Crippen LogP contribution in [0.2, 0.25) is 0 Å². The van der Waals surface area contributed by atoms with Gasteiger partial charge >= 0.3 is 0 Å². The molecule has 2 heterocycles. The third-order valence-electron chi connectivity index (χ3n) is 4.87. The van der Waals surface area contributed by atoms with Gasteiger partial charge < -0.3 is 9.88 Å². The highest BCUT2D eigenvalue weighted by atomic mass is 32.2. The lowest BCUT2D eigenvalue weighted by atomic mass is 9.89. The third kappa shape index (κ3) is 4.11. The molecule has 5 nitrogen and oxygen atoms in total. The maximum absolute atomic E-state index is 11.5. The zero-order valence-corrected chi connectivity index (χ0v) is 15.3. The number of nitrogens with zero attached hydrogens (tertiary/aromatic N) is 1. The number of fused-ring (bicyclic) bond motifs is 1. The summed E-state index contributed by atoms with van der Waals surface area (Å²) in [5, 5.41) is 1.13. The second-order valence-corrected chi connectivity index (χ2v) is 8.60. The molecule has 0 aliphatic carbocycles. The standard InChI is InChI=1S/C18H27N3O2S/c1-3-4-9-21-10-7-14(8-11-21)17-13-19-18-6-5-15(12-16(17)18)20-24(2,22)23/h5-6,12-14,19-20H,3-4,7-11H2,1-2H3. The number of rotatable bonds is 6. The average molecular weight is 350 g/mol. The predicted octanol–water partition coefficient (Wildman–Crippen LogP) is 3.52. The lowest BCUT2D eigenvalue weighted by Crippen LogP contribution is -2.33.